The Morgan fingerprint density at radius 3 is 2.55 bits per heavy atom. The predicted molar refractivity (Wildman–Crippen MR) is 48.6 cm³/mol. The van der Waals surface area contributed by atoms with Gasteiger partial charge in [0.25, 0.3) is 0 Å². The Morgan fingerprint density at radius 2 is 2.09 bits per heavy atom. The van der Waals surface area contributed by atoms with Gasteiger partial charge in [0.1, 0.15) is 5.76 Å². The molecule has 0 aromatic carbocycles. The van der Waals surface area contributed by atoms with Crippen LogP contribution in [0.4, 0.5) is 0 Å². The van der Waals surface area contributed by atoms with E-state index in [1.807, 2.05) is 13.0 Å². The molecule has 0 aliphatic heterocycles. The molecule has 0 bridgehead atoms. The van der Waals surface area contributed by atoms with Crippen LogP contribution in [-0.2, 0) is 4.74 Å². The van der Waals surface area contributed by atoms with Crippen LogP contribution in [0.5, 0.6) is 0 Å². The van der Waals surface area contributed by atoms with Crippen molar-refractivity contribution in [1.29, 1.82) is 0 Å². The molecule has 60 valence electrons. The van der Waals surface area contributed by atoms with Gasteiger partial charge >= 0.3 is 0 Å². The van der Waals surface area contributed by atoms with Gasteiger partial charge in [0.2, 0.25) is 0 Å². The molecule has 2 heteroatoms. The second-order valence-corrected chi connectivity index (χ2v) is 1.91. The van der Waals surface area contributed by atoms with Gasteiger partial charge in [-0.15, -0.1) is 0 Å². The molecule has 0 aliphatic rings. The topological polar surface area (TPSA) is 21.6 Å². The third-order valence-electron chi connectivity index (χ3n) is 1.07. The van der Waals surface area contributed by atoms with Gasteiger partial charge in [0.15, 0.2) is 0 Å². The van der Waals surface area contributed by atoms with Gasteiger partial charge in [-0.25, -0.2) is 0 Å². The fourth-order valence-electron chi connectivity index (χ4n) is 0.422. The molecule has 0 aromatic heterocycles. The average molecular weight is 151 g/mol. The van der Waals surface area contributed by atoms with Crippen molar-refractivity contribution in [2.45, 2.75) is 6.92 Å². The van der Waals surface area contributed by atoms with E-state index in [1.165, 1.54) is 0 Å². The monoisotopic (exact) mass is 151 g/mol. The molecule has 0 rings (SSSR count). The van der Waals surface area contributed by atoms with Crippen molar-refractivity contribution in [3.8, 4) is 0 Å². The van der Waals surface area contributed by atoms with Crippen LogP contribution >= 0.6 is 0 Å². The Hall–Kier alpha value is -1.31. The fraction of sp³-hybridized carbons (Fsp3) is 0.222. The molecule has 0 fully saturated rings. The van der Waals surface area contributed by atoms with Gasteiger partial charge in [-0.2, -0.15) is 0 Å². The Bertz CT molecular complexity index is 202. The zero-order valence-corrected chi connectivity index (χ0v) is 7.00. The molecule has 0 aromatic rings. The highest BCUT2D eigenvalue weighted by molar-refractivity contribution is 5.82. The highest BCUT2D eigenvalue weighted by Gasteiger charge is 1.92. The molecule has 0 spiro atoms. The summed E-state index contributed by atoms with van der Waals surface area (Å²) in [6.45, 7) is 9.20. The largest absolute Gasteiger partial charge is 0.497 e. The lowest BCUT2D eigenvalue weighted by Crippen LogP contribution is -1.89. The molecular formula is C9H13NO. The van der Waals surface area contributed by atoms with Crippen molar-refractivity contribution >= 4 is 6.21 Å². The molecule has 0 saturated heterocycles. The fourth-order valence-corrected chi connectivity index (χ4v) is 0.422. The maximum Gasteiger partial charge on any atom is 0.119 e. The summed E-state index contributed by atoms with van der Waals surface area (Å²) in [6, 6.07) is 0. The van der Waals surface area contributed by atoms with E-state index in [4.69, 9.17) is 4.74 Å². The molecule has 0 atom stereocenters. The van der Waals surface area contributed by atoms with Gasteiger partial charge in [0.05, 0.1) is 7.11 Å². The molecule has 2 nitrogen and oxygen atoms in total. The summed E-state index contributed by atoms with van der Waals surface area (Å²) in [5, 5.41) is 0. The van der Waals surface area contributed by atoms with Crippen molar-refractivity contribution in [3.63, 3.8) is 0 Å². The van der Waals surface area contributed by atoms with E-state index in [9.17, 15) is 0 Å². The Kier molecular flexibility index (Phi) is 4.82. The van der Waals surface area contributed by atoms with Crippen LogP contribution in [0.1, 0.15) is 6.92 Å². The van der Waals surface area contributed by atoms with Crippen LogP contribution in [0, 0.1) is 0 Å². The molecule has 0 radical (unpaired) electrons. The van der Waals surface area contributed by atoms with Gasteiger partial charge < -0.3 is 4.74 Å². The van der Waals surface area contributed by atoms with Crippen molar-refractivity contribution in [3.05, 3.63) is 36.8 Å². The summed E-state index contributed by atoms with van der Waals surface area (Å²) < 4.78 is 4.83. The standard InChI is InChI=1S/C9H13NO/c1-5-6-10-7-8(2)9(3)11-4/h5-7H,2-3H2,1,4H3/b6-5-,10-7?. The van der Waals surface area contributed by atoms with Crippen molar-refractivity contribution in [2.24, 2.45) is 4.99 Å². The van der Waals surface area contributed by atoms with Crippen molar-refractivity contribution < 1.29 is 4.74 Å². The van der Waals surface area contributed by atoms with Gasteiger partial charge in [-0.3, -0.25) is 4.99 Å². The summed E-state index contributed by atoms with van der Waals surface area (Å²) >= 11 is 0. The van der Waals surface area contributed by atoms with Gasteiger partial charge in [0, 0.05) is 18.0 Å². The second kappa shape index (κ2) is 5.47. The van der Waals surface area contributed by atoms with E-state index in [0.717, 1.165) is 0 Å². The summed E-state index contributed by atoms with van der Waals surface area (Å²) in [5.41, 5.74) is 0.686. The Morgan fingerprint density at radius 1 is 1.45 bits per heavy atom. The lowest BCUT2D eigenvalue weighted by atomic mass is 10.3. The van der Waals surface area contributed by atoms with Gasteiger partial charge in [-0.05, 0) is 6.92 Å². The lowest BCUT2D eigenvalue weighted by molar-refractivity contribution is 0.306. The highest BCUT2D eigenvalue weighted by atomic mass is 16.5. The minimum Gasteiger partial charge on any atom is -0.497 e. The smallest absolute Gasteiger partial charge is 0.119 e. The van der Waals surface area contributed by atoms with E-state index < -0.39 is 0 Å². The first kappa shape index (κ1) is 9.69. The third kappa shape index (κ3) is 4.14. The van der Waals surface area contributed by atoms with Crippen LogP contribution in [0.3, 0.4) is 0 Å². The minimum atomic E-state index is 0.540. The summed E-state index contributed by atoms with van der Waals surface area (Å²) in [5.74, 6) is 0.540. The molecule has 0 unspecified atom stereocenters. The molecule has 0 N–H and O–H groups in total. The average Bonchev–Trinajstić information content (AvgIpc) is 2.03. The first-order valence-corrected chi connectivity index (χ1v) is 3.29. The lowest BCUT2D eigenvalue weighted by Gasteiger charge is -2.00. The van der Waals surface area contributed by atoms with E-state index >= 15 is 0 Å². The molecule has 0 amide bonds. The molecular weight excluding hydrogens is 138 g/mol. The van der Waals surface area contributed by atoms with Crippen LogP contribution < -0.4 is 0 Å². The number of nitrogens with zero attached hydrogens (tertiary/aromatic N) is 1. The number of rotatable bonds is 4. The summed E-state index contributed by atoms with van der Waals surface area (Å²) in [4.78, 5) is 3.91. The summed E-state index contributed by atoms with van der Waals surface area (Å²) in [7, 11) is 1.55. The van der Waals surface area contributed by atoms with E-state index in [2.05, 4.69) is 18.2 Å². The number of hydrogen-bond acceptors (Lipinski definition) is 2. The molecule has 0 saturated carbocycles. The van der Waals surface area contributed by atoms with Crippen LogP contribution in [0.15, 0.2) is 41.8 Å². The molecule has 0 aliphatic carbocycles. The highest BCUT2D eigenvalue weighted by Crippen LogP contribution is 2.01. The van der Waals surface area contributed by atoms with E-state index in [-0.39, 0.29) is 0 Å². The maximum absolute atomic E-state index is 4.83. The minimum absolute atomic E-state index is 0.540. The number of ether oxygens (including phenoxy) is 1. The first-order valence-electron chi connectivity index (χ1n) is 3.29. The Balaban J connectivity index is 3.97. The third-order valence-corrected chi connectivity index (χ3v) is 1.07. The van der Waals surface area contributed by atoms with Crippen molar-refractivity contribution in [2.75, 3.05) is 7.11 Å². The van der Waals surface area contributed by atoms with Gasteiger partial charge in [-0.1, -0.05) is 19.2 Å². The van der Waals surface area contributed by atoms with E-state index in [1.54, 1.807) is 19.5 Å². The molecule has 11 heavy (non-hydrogen) atoms. The normalized spacial score (nSPS) is 10.7. The number of hydrogen-bond donors (Lipinski definition) is 0. The van der Waals surface area contributed by atoms with Crippen molar-refractivity contribution in [1.82, 2.24) is 0 Å². The Labute approximate surface area is 67.6 Å². The number of allylic oxidation sites excluding steroid dienone is 2. The molecule has 0 heterocycles. The first-order chi connectivity index (χ1) is 5.22. The van der Waals surface area contributed by atoms with Crippen LogP contribution in [0.25, 0.3) is 0 Å². The summed E-state index contributed by atoms with van der Waals surface area (Å²) in [6.07, 6.45) is 5.11. The van der Waals surface area contributed by atoms with Crippen LogP contribution in [-0.4, -0.2) is 13.3 Å². The number of methoxy groups -OCH3 is 1. The maximum atomic E-state index is 4.83. The second-order valence-electron chi connectivity index (χ2n) is 1.91. The predicted octanol–water partition coefficient (Wildman–Crippen LogP) is 2.31. The van der Waals surface area contributed by atoms with E-state index in [0.29, 0.717) is 11.3 Å². The SMILES string of the molecule is C=C(C=N/C=C\C)C(=C)OC. The van der Waals surface area contributed by atoms with Crippen LogP contribution in [0.2, 0.25) is 0 Å². The quantitative estimate of drug-likeness (QED) is 0.343. The zero-order chi connectivity index (χ0) is 8.69. The number of aliphatic imine (C=N–C) groups is 1. The zero-order valence-electron chi connectivity index (χ0n) is 7.00.